The maximum absolute atomic E-state index is 12.7. The minimum atomic E-state index is -4.46. The Balaban J connectivity index is 2.00. The highest BCUT2D eigenvalue weighted by Crippen LogP contribution is 2.30. The number of rotatable bonds is 5. The summed E-state index contributed by atoms with van der Waals surface area (Å²) in [6.07, 6.45) is -4.46. The van der Waals surface area contributed by atoms with E-state index in [-0.39, 0.29) is 5.69 Å². The zero-order chi connectivity index (χ0) is 18.7. The first-order valence-corrected chi connectivity index (χ1v) is 7.64. The number of hydrogen-bond donors (Lipinski definition) is 2. The lowest BCUT2D eigenvalue weighted by Gasteiger charge is -2.25. The topological polar surface area (TPSA) is 50.4 Å². The number of halogens is 4. The predicted molar refractivity (Wildman–Crippen MR) is 89.4 cm³/mol. The fourth-order valence-corrected chi connectivity index (χ4v) is 2.02. The van der Waals surface area contributed by atoms with Gasteiger partial charge < -0.3 is 4.74 Å². The van der Waals surface area contributed by atoms with Crippen LogP contribution >= 0.6 is 11.6 Å². The third kappa shape index (κ3) is 5.29. The second kappa shape index (κ2) is 7.23. The summed E-state index contributed by atoms with van der Waals surface area (Å²) in [6.45, 7) is 3.06. The third-order valence-electron chi connectivity index (χ3n) is 3.24. The maximum Gasteiger partial charge on any atom is 0.416 e. The Morgan fingerprint density at radius 2 is 1.72 bits per heavy atom. The average molecular weight is 373 g/mol. The van der Waals surface area contributed by atoms with Crippen molar-refractivity contribution in [3.63, 3.8) is 0 Å². The lowest BCUT2D eigenvalue weighted by Crippen LogP contribution is -2.48. The molecule has 0 bridgehead atoms. The molecule has 0 fully saturated rings. The van der Waals surface area contributed by atoms with E-state index in [0.717, 1.165) is 12.1 Å². The fraction of sp³-hybridized carbons (Fsp3) is 0.235. The molecule has 4 nitrogen and oxygen atoms in total. The molecule has 0 saturated heterocycles. The summed E-state index contributed by atoms with van der Waals surface area (Å²) < 4.78 is 43.6. The molecule has 2 N–H and O–H groups in total. The van der Waals surface area contributed by atoms with Gasteiger partial charge in [-0.3, -0.25) is 15.6 Å². The number of benzene rings is 2. The van der Waals surface area contributed by atoms with Crippen LogP contribution in [0.5, 0.6) is 5.75 Å². The number of carbonyl (C=O) groups excluding carboxylic acids is 1. The van der Waals surface area contributed by atoms with Crippen molar-refractivity contribution >= 4 is 23.2 Å². The van der Waals surface area contributed by atoms with Crippen molar-refractivity contribution in [1.29, 1.82) is 0 Å². The van der Waals surface area contributed by atoms with Crippen LogP contribution < -0.4 is 15.6 Å². The number of hydrazine groups is 1. The van der Waals surface area contributed by atoms with E-state index in [0.29, 0.717) is 10.8 Å². The molecular formula is C17H16ClF3N2O2. The molecule has 0 aliphatic rings. The molecule has 8 heteroatoms. The highest BCUT2D eigenvalue weighted by Gasteiger charge is 2.31. The van der Waals surface area contributed by atoms with Gasteiger partial charge in [0.05, 0.1) is 11.3 Å². The first-order valence-electron chi connectivity index (χ1n) is 7.26. The smallest absolute Gasteiger partial charge is 0.416 e. The molecule has 2 rings (SSSR count). The summed E-state index contributed by atoms with van der Waals surface area (Å²) in [7, 11) is 0. The van der Waals surface area contributed by atoms with Crippen molar-refractivity contribution in [2.75, 3.05) is 5.43 Å². The normalized spacial score (nSPS) is 11.8. The van der Waals surface area contributed by atoms with Crippen LogP contribution in [-0.2, 0) is 11.0 Å². The monoisotopic (exact) mass is 372 g/mol. The molecular weight excluding hydrogens is 357 g/mol. The zero-order valence-electron chi connectivity index (χ0n) is 13.4. The SMILES string of the molecule is CC(C)(Oc1ccc(Cl)cc1)C(=O)NNc1cccc(C(F)(F)F)c1. The lowest BCUT2D eigenvalue weighted by atomic mass is 10.1. The molecule has 25 heavy (non-hydrogen) atoms. The molecule has 0 unspecified atom stereocenters. The van der Waals surface area contributed by atoms with Gasteiger partial charge in [-0.2, -0.15) is 13.2 Å². The van der Waals surface area contributed by atoms with Gasteiger partial charge in [0, 0.05) is 5.02 Å². The van der Waals surface area contributed by atoms with Gasteiger partial charge in [0.2, 0.25) is 0 Å². The summed E-state index contributed by atoms with van der Waals surface area (Å²) in [4.78, 5) is 12.2. The number of anilines is 1. The first-order chi connectivity index (χ1) is 11.6. The van der Waals surface area contributed by atoms with E-state index in [4.69, 9.17) is 16.3 Å². The Kier molecular flexibility index (Phi) is 5.47. The molecule has 0 aromatic heterocycles. The number of amides is 1. The van der Waals surface area contributed by atoms with Crippen LogP contribution in [0, 0.1) is 0 Å². The van der Waals surface area contributed by atoms with Gasteiger partial charge in [-0.25, -0.2) is 0 Å². The summed E-state index contributed by atoms with van der Waals surface area (Å²) in [5, 5.41) is 0.529. The van der Waals surface area contributed by atoms with Gasteiger partial charge in [0.25, 0.3) is 5.91 Å². The highest BCUT2D eigenvalue weighted by atomic mass is 35.5. The van der Waals surface area contributed by atoms with E-state index < -0.39 is 23.2 Å². The molecule has 0 aliphatic carbocycles. The van der Waals surface area contributed by atoms with Crippen LogP contribution in [0.1, 0.15) is 19.4 Å². The van der Waals surface area contributed by atoms with E-state index in [1.807, 2.05) is 0 Å². The second-order valence-corrected chi connectivity index (χ2v) is 6.16. The van der Waals surface area contributed by atoms with Crippen LogP contribution in [0.2, 0.25) is 5.02 Å². The molecule has 0 aliphatic heterocycles. The van der Waals surface area contributed by atoms with E-state index in [1.165, 1.54) is 26.0 Å². The Morgan fingerprint density at radius 1 is 1.08 bits per heavy atom. The standard InChI is InChI=1S/C17H16ClF3N2O2/c1-16(2,25-14-8-6-12(18)7-9-14)15(24)23-22-13-5-3-4-11(10-13)17(19,20)21/h3-10,22H,1-2H3,(H,23,24). The summed E-state index contributed by atoms with van der Waals surface area (Å²) >= 11 is 5.78. The number of alkyl halides is 3. The van der Waals surface area contributed by atoms with Gasteiger partial charge in [-0.1, -0.05) is 17.7 Å². The number of ether oxygens (including phenoxy) is 1. The molecule has 0 atom stereocenters. The number of carbonyl (C=O) groups is 1. The van der Waals surface area contributed by atoms with Crippen molar-refractivity contribution in [2.24, 2.45) is 0 Å². The van der Waals surface area contributed by atoms with Crippen molar-refractivity contribution in [1.82, 2.24) is 5.43 Å². The Hall–Kier alpha value is -2.41. The van der Waals surface area contributed by atoms with Crippen LogP contribution in [0.4, 0.5) is 18.9 Å². The Morgan fingerprint density at radius 3 is 2.32 bits per heavy atom. The molecule has 0 saturated carbocycles. The van der Waals surface area contributed by atoms with Crippen LogP contribution in [0.25, 0.3) is 0 Å². The quantitative estimate of drug-likeness (QED) is 0.750. The molecule has 1 amide bonds. The second-order valence-electron chi connectivity index (χ2n) is 5.72. The van der Waals surface area contributed by atoms with Crippen LogP contribution in [0.15, 0.2) is 48.5 Å². The summed E-state index contributed by atoms with van der Waals surface area (Å²) in [5.74, 6) is -0.122. The molecule has 0 heterocycles. The van der Waals surface area contributed by atoms with Crippen LogP contribution in [0.3, 0.4) is 0 Å². The van der Waals surface area contributed by atoms with Crippen molar-refractivity contribution < 1.29 is 22.7 Å². The van der Waals surface area contributed by atoms with E-state index in [9.17, 15) is 18.0 Å². The van der Waals surface area contributed by atoms with E-state index in [2.05, 4.69) is 10.9 Å². The number of hydrogen-bond acceptors (Lipinski definition) is 3. The minimum absolute atomic E-state index is 0.102. The first kappa shape index (κ1) is 18.9. The molecule has 2 aromatic rings. The molecule has 0 radical (unpaired) electrons. The minimum Gasteiger partial charge on any atom is -0.478 e. The molecule has 134 valence electrons. The lowest BCUT2D eigenvalue weighted by molar-refractivity contribution is -0.137. The van der Waals surface area contributed by atoms with Crippen molar-refractivity contribution in [3.8, 4) is 5.75 Å². The van der Waals surface area contributed by atoms with Crippen LogP contribution in [-0.4, -0.2) is 11.5 Å². The van der Waals surface area contributed by atoms with E-state index >= 15 is 0 Å². The Labute approximate surface area is 147 Å². The van der Waals surface area contributed by atoms with Gasteiger partial charge in [0.15, 0.2) is 5.60 Å². The maximum atomic E-state index is 12.7. The van der Waals surface area contributed by atoms with Gasteiger partial charge in [0.1, 0.15) is 5.75 Å². The van der Waals surface area contributed by atoms with E-state index in [1.54, 1.807) is 24.3 Å². The zero-order valence-corrected chi connectivity index (χ0v) is 14.2. The molecule has 2 aromatic carbocycles. The predicted octanol–water partition coefficient (Wildman–Crippen LogP) is 4.66. The van der Waals surface area contributed by atoms with Gasteiger partial charge in [-0.05, 0) is 56.3 Å². The highest BCUT2D eigenvalue weighted by molar-refractivity contribution is 6.30. The van der Waals surface area contributed by atoms with Crippen molar-refractivity contribution in [2.45, 2.75) is 25.6 Å². The fourth-order valence-electron chi connectivity index (χ4n) is 1.90. The van der Waals surface area contributed by atoms with Crippen molar-refractivity contribution in [3.05, 3.63) is 59.1 Å². The average Bonchev–Trinajstić information content (AvgIpc) is 2.54. The third-order valence-corrected chi connectivity index (χ3v) is 3.50. The van der Waals surface area contributed by atoms with Gasteiger partial charge in [-0.15, -0.1) is 0 Å². The Bertz CT molecular complexity index is 746. The summed E-state index contributed by atoms with van der Waals surface area (Å²) in [5.41, 5.74) is 2.82. The molecule has 0 spiro atoms. The van der Waals surface area contributed by atoms with Gasteiger partial charge >= 0.3 is 6.18 Å². The largest absolute Gasteiger partial charge is 0.478 e. The number of nitrogens with one attached hydrogen (secondary N) is 2. The summed E-state index contributed by atoms with van der Waals surface area (Å²) in [6, 6.07) is 10.9.